The van der Waals surface area contributed by atoms with Crippen LogP contribution in [0.4, 0.5) is 14.9 Å². The van der Waals surface area contributed by atoms with Gasteiger partial charge in [-0.1, -0.05) is 60.7 Å². The van der Waals surface area contributed by atoms with Crippen LogP contribution in [0.3, 0.4) is 0 Å². The molecule has 144 valence electrons. The standard InChI is InChI=1S/C23H18FN3O2/c24-18-10-6-11-19(13-18)25-23(28)26-22-14-21(16-7-2-1-3-8-16)20-12-5-4-9-17(20)15-27(22)29/h1-14,22H,15H2,(H-,25,26,28)/p+1. The van der Waals surface area contributed by atoms with Gasteiger partial charge in [-0.05, 0) is 34.9 Å². The minimum atomic E-state index is -0.883. The van der Waals surface area contributed by atoms with Crippen LogP contribution in [0.5, 0.6) is 0 Å². The lowest BCUT2D eigenvalue weighted by molar-refractivity contribution is -0.593. The van der Waals surface area contributed by atoms with Crippen LogP contribution >= 0.6 is 0 Å². The topological polar surface area (TPSA) is 61.2 Å². The normalized spacial score (nSPS) is 15.7. The second kappa shape index (κ2) is 8.06. The average molecular weight is 388 g/mol. The lowest BCUT2D eigenvalue weighted by Crippen LogP contribution is -2.42. The molecule has 0 aliphatic carbocycles. The van der Waals surface area contributed by atoms with Crippen LogP contribution in [0, 0.1) is 10.7 Å². The van der Waals surface area contributed by atoms with Crippen molar-refractivity contribution < 1.29 is 13.9 Å². The molecule has 29 heavy (non-hydrogen) atoms. The zero-order valence-electron chi connectivity index (χ0n) is 15.5. The first-order chi connectivity index (χ1) is 14.1. The van der Waals surface area contributed by atoms with Crippen molar-refractivity contribution in [2.24, 2.45) is 0 Å². The molecule has 1 unspecified atom stereocenters. The Morgan fingerprint density at radius 3 is 2.52 bits per heavy atom. The van der Waals surface area contributed by atoms with E-state index in [9.17, 15) is 14.1 Å². The van der Waals surface area contributed by atoms with Gasteiger partial charge in [0.1, 0.15) is 5.82 Å². The summed E-state index contributed by atoms with van der Waals surface area (Å²) in [6, 6.07) is 22.4. The van der Waals surface area contributed by atoms with Crippen LogP contribution in [0.25, 0.3) is 5.57 Å². The third-order valence-electron chi connectivity index (χ3n) is 4.71. The quantitative estimate of drug-likeness (QED) is 0.639. The highest BCUT2D eigenvalue weighted by molar-refractivity contribution is 5.90. The molecule has 0 aromatic heterocycles. The number of fused-ring (bicyclic) bond motifs is 1. The van der Waals surface area contributed by atoms with E-state index < -0.39 is 18.0 Å². The largest absolute Gasteiger partial charge is 0.324 e. The fraction of sp³-hybridized carbons (Fsp3) is 0.0870. The van der Waals surface area contributed by atoms with E-state index in [2.05, 4.69) is 10.6 Å². The fourth-order valence-electron chi connectivity index (χ4n) is 3.37. The summed E-state index contributed by atoms with van der Waals surface area (Å²) in [6.45, 7) is 0.133. The molecular weight excluding hydrogens is 369 g/mol. The van der Waals surface area contributed by atoms with E-state index in [4.69, 9.17) is 0 Å². The molecule has 0 saturated heterocycles. The highest BCUT2D eigenvalue weighted by Gasteiger charge is 2.31. The minimum absolute atomic E-state index is 0.133. The number of benzene rings is 3. The number of nitrogens with zero attached hydrogens (tertiary/aromatic N) is 1. The molecule has 0 saturated carbocycles. The second-order valence-electron chi connectivity index (χ2n) is 6.73. The van der Waals surface area contributed by atoms with Gasteiger partial charge in [-0.15, -0.1) is 0 Å². The van der Waals surface area contributed by atoms with E-state index in [-0.39, 0.29) is 6.54 Å². The second-order valence-corrected chi connectivity index (χ2v) is 6.73. The maximum atomic E-state index is 13.3. The predicted octanol–water partition coefficient (Wildman–Crippen LogP) is 4.70. The summed E-state index contributed by atoms with van der Waals surface area (Å²) in [5, 5.41) is 5.24. The minimum Gasteiger partial charge on any atom is -0.308 e. The summed E-state index contributed by atoms with van der Waals surface area (Å²) in [4.78, 5) is 25.2. The lowest BCUT2D eigenvalue weighted by Gasteiger charge is -2.11. The number of amides is 2. The maximum absolute atomic E-state index is 13.3. The van der Waals surface area contributed by atoms with E-state index in [1.54, 1.807) is 12.1 Å². The van der Waals surface area contributed by atoms with Gasteiger partial charge in [0.2, 0.25) is 6.54 Å². The number of hydrogen-bond donors (Lipinski definition) is 2. The van der Waals surface area contributed by atoms with Gasteiger partial charge < -0.3 is 5.32 Å². The summed E-state index contributed by atoms with van der Waals surface area (Å²) >= 11 is 0. The number of urea groups is 1. The molecule has 0 fully saturated rings. The van der Waals surface area contributed by atoms with Crippen molar-refractivity contribution >= 4 is 17.3 Å². The monoisotopic (exact) mass is 388 g/mol. The molecule has 0 bridgehead atoms. The molecule has 2 amide bonds. The number of nitrogens with one attached hydrogen (secondary N) is 2. The fourth-order valence-corrected chi connectivity index (χ4v) is 3.37. The van der Waals surface area contributed by atoms with Gasteiger partial charge in [-0.25, -0.2) is 9.18 Å². The third-order valence-corrected chi connectivity index (χ3v) is 4.71. The first-order valence-electron chi connectivity index (χ1n) is 9.22. The van der Waals surface area contributed by atoms with Gasteiger partial charge in [-0.2, -0.15) is 0 Å². The van der Waals surface area contributed by atoms with E-state index in [1.807, 2.05) is 54.6 Å². The first-order valence-corrected chi connectivity index (χ1v) is 9.22. The van der Waals surface area contributed by atoms with Crippen LogP contribution in [0.15, 0.2) is 84.9 Å². The van der Waals surface area contributed by atoms with Crippen molar-refractivity contribution in [1.82, 2.24) is 5.32 Å². The Kier molecular flexibility index (Phi) is 5.16. The Morgan fingerprint density at radius 1 is 0.966 bits per heavy atom. The van der Waals surface area contributed by atoms with Crippen molar-refractivity contribution in [2.75, 3.05) is 5.32 Å². The Hall–Kier alpha value is -3.80. The van der Waals surface area contributed by atoms with Crippen LogP contribution < -0.4 is 10.6 Å². The lowest BCUT2D eigenvalue weighted by atomic mass is 9.94. The Balaban J connectivity index is 1.64. The van der Waals surface area contributed by atoms with E-state index >= 15 is 0 Å². The highest BCUT2D eigenvalue weighted by atomic mass is 19.1. The summed E-state index contributed by atoms with van der Waals surface area (Å²) in [7, 11) is 0. The number of rotatable bonds is 3. The number of carbonyl (C=O) groups excluding carboxylic acids is 1. The molecule has 1 aliphatic rings. The summed E-state index contributed by atoms with van der Waals surface area (Å²) < 4.78 is 14.2. The van der Waals surface area contributed by atoms with Gasteiger partial charge in [0.15, 0.2) is 0 Å². The summed E-state index contributed by atoms with van der Waals surface area (Å²) in [6.07, 6.45) is 0.866. The molecule has 3 aromatic rings. The Labute approximate surface area is 167 Å². The zero-order chi connectivity index (χ0) is 20.2. The van der Waals surface area contributed by atoms with Crippen molar-refractivity contribution in [2.45, 2.75) is 12.7 Å². The molecular formula is C23H19FN3O2+. The van der Waals surface area contributed by atoms with Gasteiger partial charge in [0.25, 0.3) is 6.17 Å². The number of hydrogen-bond acceptors (Lipinski definition) is 2. The third kappa shape index (κ3) is 4.21. The van der Waals surface area contributed by atoms with Gasteiger partial charge in [0.05, 0.1) is 0 Å². The summed E-state index contributed by atoms with van der Waals surface area (Å²) in [5.41, 5.74) is 3.97. The number of carbonyl (C=O) groups is 1. The average Bonchev–Trinajstić information content (AvgIpc) is 2.85. The molecule has 1 heterocycles. The van der Waals surface area contributed by atoms with Crippen LogP contribution in [0.1, 0.15) is 16.7 Å². The number of nitroso groups, excluding NO2 is 1. The van der Waals surface area contributed by atoms with Gasteiger partial charge in [0, 0.05) is 27.0 Å². The van der Waals surface area contributed by atoms with Gasteiger partial charge in [-0.3, -0.25) is 5.32 Å². The molecule has 2 N–H and O–H groups in total. The molecule has 0 radical (unpaired) electrons. The molecule has 1 aliphatic heterocycles. The van der Waals surface area contributed by atoms with Crippen LogP contribution in [-0.4, -0.2) is 17.0 Å². The molecule has 3 aromatic carbocycles. The Bertz CT molecular complexity index is 1100. The van der Waals surface area contributed by atoms with Crippen molar-refractivity contribution in [1.29, 1.82) is 0 Å². The van der Waals surface area contributed by atoms with Crippen molar-refractivity contribution in [3.8, 4) is 0 Å². The van der Waals surface area contributed by atoms with Crippen molar-refractivity contribution in [3.63, 3.8) is 0 Å². The molecule has 6 heteroatoms. The van der Waals surface area contributed by atoms with Gasteiger partial charge >= 0.3 is 6.03 Å². The predicted molar refractivity (Wildman–Crippen MR) is 110 cm³/mol. The molecule has 1 atom stereocenters. The Morgan fingerprint density at radius 2 is 1.72 bits per heavy atom. The van der Waals surface area contributed by atoms with Crippen molar-refractivity contribution in [3.05, 3.63) is 112 Å². The molecule has 4 rings (SSSR count). The van der Waals surface area contributed by atoms with E-state index in [0.29, 0.717) is 5.69 Å². The molecule has 0 spiro atoms. The zero-order valence-corrected chi connectivity index (χ0v) is 15.5. The van der Waals surface area contributed by atoms with Crippen LogP contribution in [0.2, 0.25) is 0 Å². The molecule has 5 nitrogen and oxygen atoms in total. The number of anilines is 1. The van der Waals surface area contributed by atoms with Crippen LogP contribution in [-0.2, 0) is 6.54 Å². The summed E-state index contributed by atoms with van der Waals surface area (Å²) in [5.74, 6) is -0.454. The first kappa shape index (κ1) is 18.6. The van der Waals surface area contributed by atoms with E-state index in [1.165, 1.54) is 18.2 Å². The number of halogens is 1. The maximum Gasteiger partial charge on any atom is 0.324 e. The van der Waals surface area contributed by atoms with E-state index in [0.717, 1.165) is 27.0 Å². The SMILES string of the molecule is O=C(Nc1cccc(F)c1)NC1C=C(c2ccccc2)c2ccccc2C[N+]1=O. The highest BCUT2D eigenvalue weighted by Crippen LogP contribution is 2.30. The smallest absolute Gasteiger partial charge is 0.308 e.